The minimum absolute atomic E-state index is 0.321. The maximum Gasteiger partial charge on any atom is 0.338 e. The van der Waals surface area contributed by atoms with E-state index in [1.54, 1.807) is 7.11 Å². The Morgan fingerprint density at radius 2 is 1.90 bits per heavy atom. The van der Waals surface area contributed by atoms with Crippen LogP contribution >= 0.6 is 0 Å². The molecule has 21 heavy (non-hydrogen) atoms. The van der Waals surface area contributed by atoms with Crippen molar-refractivity contribution in [3.05, 3.63) is 54.1 Å². The normalized spacial score (nSPS) is 10.8. The molecule has 0 aliphatic heterocycles. The van der Waals surface area contributed by atoms with Gasteiger partial charge in [-0.1, -0.05) is 30.3 Å². The lowest BCUT2D eigenvalue weighted by atomic mass is 10.1. The van der Waals surface area contributed by atoms with Gasteiger partial charge in [0.2, 0.25) is 0 Å². The fourth-order valence-electron chi connectivity index (χ4n) is 2.72. The molecule has 0 saturated heterocycles. The van der Waals surface area contributed by atoms with Crippen molar-refractivity contribution in [1.29, 1.82) is 0 Å². The van der Waals surface area contributed by atoms with Crippen LogP contribution in [-0.4, -0.2) is 22.8 Å². The third-order valence-corrected chi connectivity index (χ3v) is 3.66. The lowest BCUT2D eigenvalue weighted by molar-refractivity contribution is 0.0699. The first-order chi connectivity index (χ1) is 10.1. The van der Waals surface area contributed by atoms with Gasteiger partial charge in [-0.3, -0.25) is 0 Å². The number of fused-ring (bicyclic) bond motifs is 1. The summed E-state index contributed by atoms with van der Waals surface area (Å²) in [6, 6.07) is 15.0. The number of hydrogen-bond acceptors (Lipinski definition) is 2. The molecule has 0 radical (unpaired) electrons. The van der Waals surface area contributed by atoms with Crippen LogP contribution in [0.2, 0.25) is 0 Å². The van der Waals surface area contributed by atoms with E-state index in [9.17, 15) is 9.90 Å². The summed E-state index contributed by atoms with van der Waals surface area (Å²) in [6.45, 7) is 0. The molecule has 0 spiro atoms. The van der Waals surface area contributed by atoms with Gasteiger partial charge in [0.25, 0.3) is 0 Å². The molecule has 0 aliphatic rings. The highest BCUT2D eigenvalue weighted by molar-refractivity contribution is 6.09. The Balaban J connectivity index is 2.38. The molecule has 0 aliphatic carbocycles. The van der Waals surface area contributed by atoms with Gasteiger partial charge in [0.1, 0.15) is 5.75 Å². The number of hydrogen-bond donors (Lipinski definition) is 1. The number of aryl methyl sites for hydroxylation is 1. The van der Waals surface area contributed by atoms with Gasteiger partial charge in [0.05, 0.1) is 18.4 Å². The summed E-state index contributed by atoms with van der Waals surface area (Å²) in [5.74, 6) is -0.223. The molecule has 106 valence electrons. The average molecular weight is 281 g/mol. The number of aromatic carboxylic acids is 1. The van der Waals surface area contributed by atoms with Crippen LogP contribution in [0.5, 0.6) is 5.75 Å². The lowest BCUT2D eigenvalue weighted by Gasteiger charge is -2.08. The zero-order valence-corrected chi connectivity index (χ0v) is 11.8. The molecule has 1 N–H and O–H groups in total. The second-order valence-electron chi connectivity index (χ2n) is 4.84. The topological polar surface area (TPSA) is 51.5 Å². The van der Waals surface area contributed by atoms with Crippen molar-refractivity contribution in [2.24, 2.45) is 7.05 Å². The highest BCUT2D eigenvalue weighted by Gasteiger charge is 2.21. The maximum absolute atomic E-state index is 11.7. The van der Waals surface area contributed by atoms with E-state index in [-0.39, 0.29) is 0 Å². The Kier molecular flexibility index (Phi) is 3.14. The Bertz CT molecular complexity index is 833. The van der Waals surface area contributed by atoms with Crippen LogP contribution in [0.25, 0.3) is 22.2 Å². The highest BCUT2D eigenvalue weighted by atomic mass is 16.5. The van der Waals surface area contributed by atoms with E-state index >= 15 is 0 Å². The molecule has 4 nitrogen and oxygen atoms in total. The molecule has 0 amide bonds. The van der Waals surface area contributed by atoms with Gasteiger partial charge in [0, 0.05) is 23.5 Å². The zero-order valence-electron chi connectivity index (χ0n) is 11.8. The summed E-state index contributed by atoms with van der Waals surface area (Å²) < 4.78 is 7.14. The molecule has 3 rings (SSSR count). The average Bonchev–Trinajstić information content (AvgIpc) is 2.81. The molecule has 3 aromatic rings. The van der Waals surface area contributed by atoms with Crippen LogP contribution in [0.1, 0.15) is 10.4 Å². The van der Waals surface area contributed by atoms with E-state index in [2.05, 4.69) is 0 Å². The minimum Gasteiger partial charge on any atom is -0.497 e. The number of rotatable bonds is 3. The predicted molar refractivity (Wildman–Crippen MR) is 81.9 cm³/mol. The first-order valence-corrected chi connectivity index (χ1v) is 6.58. The van der Waals surface area contributed by atoms with E-state index in [0.717, 1.165) is 16.5 Å². The maximum atomic E-state index is 11.7. The summed E-state index contributed by atoms with van der Waals surface area (Å²) in [7, 11) is 3.47. The fraction of sp³-hybridized carbons (Fsp3) is 0.118. The molecule has 0 bridgehead atoms. The number of ether oxygens (including phenoxy) is 1. The Hall–Kier alpha value is -2.75. The van der Waals surface area contributed by atoms with Crippen molar-refractivity contribution in [3.63, 3.8) is 0 Å². The Morgan fingerprint density at radius 3 is 2.62 bits per heavy atom. The van der Waals surface area contributed by atoms with Crippen LogP contribution in [0.4, 0.5) is 0 Å². The van der Waals surface area contributed by atoms with Crippen molar-refractivity contribution in [1.82, 2.24) is 4.57 Å². The Labute approximate surface area is 122 Å². The summed E-state index contributed by atoms with van der Waals surface area (Å²) >= 11 is 0. The van der Waals surface area contributed by atoms with E-state index < -0.39 is 5.97 Å². The smallest absolute Gasteiger partial charge is 0.338 e. The number of carboxylic acids is 1. The standard InChI is InChI=1S/C17H15NO3/c1-18-14-9-4-3-8-13(14)15(17(19)20)16(18)11-6-5-7-12(10-11)21-2/h3-10H,1-2H3,(H,19,20). The second-order valence-corrected chi connectivity index (χ2v) is 4.84. The largest absolute Gasteiger partial charge is 0.497 e. The molecular weight excluding hydrogens is 266 g/mol. The van der Waals surface area contributed by atoms with Crippen LogP contribution in [0.15, 0.2) is 48.5 Å². The van der Waals surface area contributed by atoms with Crippen molar-refractivity contribution in [3.8, 4) is 17.0 Å². The number of methoxy groups -OCH3 is 1. The van der Waals surface area contributed by atoms with Crippen LogP contribution in [-0.2, 0) is 7.05 Å². The summed E-state index contributed by atoms with van der Waals surface area (Å²) in [5, 5.41) is 10.4. The Morgan fingerprint density at radius 1 is 1.14 bits per heavy atom. The summed E-state index contributed by atoms with van der Waals surface area (Å²) in [4.78, 5) is 11.7. The van der Waals surface area contributed by atoms with E-state index in [1.165, 1.54) is 0 Å². The summed E-state index contributed by atoms with van der Waals surface area (Å²) in [5.41, 5.74) is 2.72. The van der Waals surface area contributed by atoms with Crippen LogP contribution < -0.4 is 4.74 Å². The number of nitrogens with zero attached hydrogens (tertiary/aromatic N) is 1. The predicted octanol–water partition coefficient (Wildman–Crippen LogP) is 3.55. The molecule has 0 unspecified atom stereocenters. The van der Waals surface area contributed by atoms with E-state index in [1.807, 2.05) is 60.1 Å². The molecule has 0 saturated carbocycles. The quantitative estimate of drug-likeness (QED) is 0.798. The van der Waals surface area contributed by atoms with Gasteiger partial charge >= 0.3 is 5.97 Å². The van der Waals surface area contributed by atoms with Gasteiger partial charge < -0.3 is 14.4 Å². The van der Waals surface area contributed by atoms with Gasteiger partial charge in [-0.05, 0) is 18.2 Å². The summed E-state index contributed by atoms with van der Waals surface area (Å²) in [6.07, 6.45) is 0. The SMILES string of the molecule is COc1cccc(-c2c(C(=O)O)c3ccccc3n2C)c1. The van der Waals surface area contributed by atoms with E-state index in [4.69, 9.17) is 4.74 Å². The molecule has 2 aromatic carbocycles. The number of carboxylic acid groups (broad SMARTS) is 1. The molecule has 1 aromatic heterocycles. The van der Waals surface area contributed by atoms with Crippen LogP contribution in [0, 0.1) is 0 Å². The van der Waals surface area contributed by atoms with Crippen molar-refractivity contribution < 1.29 is 14.6 Å². The van der Waals surface area contributed by atoms with Crippen molar-refractivity contribution in [2.75, 3.05) is 7.11 Å². The minimum atomic E-state index is -0.926. The first-order valence-electron chi connectivity index (χ1n) is 6.58. The lowest BCUT2D eigenvalue weighted by Crippen LogP contribution is -2.00. The molecule has 4 heteroatoms. The third kappa shape index (κ3) is 2.05. The first kappa shape index (κ1) is 13.2. The third-order valence-electron chi connectivity index (χ3n) is 3.66. The number of benzene rings is 2. The zero-order chi connectivity index (χ0) is 15.0. The molecule has 0 fully saturated rings. The molecule has 0 atom stereocenters. The highest BCUT2D eigenvalue weighted by Crippen LogP contribution is 2.34. The fourth-order valence-corrected chi connectivity index (χ4v) is 2.72. The van der Waals surface area contributed by atoms with Gasteiger partial charge in [-0.25, -0.2) is 4.79 Å². The van der Waals surface area contributed by atoms with Crippen LogP contribution in [0.3, 0.4) is 0 Å². The van der Waals surface area contributed by atoms with Gasteiger partial charge in [-0.15, -0.1) is 0 Å². The monoisotopic (exact) mass is 281 g/mol. The molecular formula is C17H15NO3. The van der Waals surface area contributed by atoms with E-state index in [0.29, 0.717) is 17.0 Å². The van der Waals surface area contributed by atoms with Crippen molar-refractivity contribution >= 4 is 16.9 Å². The number of carbonyl (C=O) groups is 1. The number of para-hydroxylation sites is 1. The van der Waals surface area contributed by atoms with Gasteiger partial charge in [0.15, 0.2) is 0 Å². The van der Waals surface area contributed by atoms with Crippen molar-refractivity contribution in [2.45, 2.75) is 0 Å². The number of aromatic nitrogens is 1. The molecule has 1 heterocycles. The second kappa shape index (κ2) is 4.98. The van der Waals surface area contributed by atoms with Gasteiger partial charge in [-0.2, -0.15) is 0 Å².